The molecule has 2 atom stereocenters. The third-order valence-electron chi connectivity index (χ3n) is 3.76. The molecule has 0 radical (unpaired) electrons. The molecule has 0 bridgehead atoms. The Morgan fingerprint density at radius 2 is 1.95 bits per heavy atom. The Hall–Kier alpha value is -1.67. The molecule has 1 aromatic rings. The van der Waals surface area contributed by atoms with Crippen LogP contribution >= 0.6 is 0 Å². The first-order valence-corrected chi connectivity index (χ1v) is 6.25. The molecule has 1 aromatic carbocycles. The lowest BCUT2D eigenvalue weighted by atomic mass is 10.1. The van der Waals surface area contributed by atoms with E-state index in [-0.39, 0.29) is 11.3 Å². The van der Waals surface area contributed by atoms with E-state index in [9.17, 15) is 8.78 Å². The van der Waals surface area contributed by atoms with Crippen molar-refractivity contribution in [3.8, 4) is 6.07 Å². The van der Waals surface area contributed by atoms with E-state index in [1.165, 1.54) is 12.1 Å². The molecule has 0 spiro atoms. The van der Waals surface area contributed by atoms with Gasteiger partial charge in [-0.1, -0.05) is 6.92 Å². The number of anilines is 1. The van der Waals surface area contributed by atoms with Crippen LogP contribution in [0.2, 0.25) is 0 Å². The molecule has 0 aromatic heterocycles. The van der Waals surface area contributed by atoms with Gasteiger partial charge in [-0.15, -0.1) is 0 Å². The molecule has 2 unspecified atom stereocenters. The Balaban J connectivity index is 2.30. The van der Waals surface area contributed by atoms with Crippen LogP contribution in [0.4, 0.5) is 14.5 Å². The number of likely N-dealkylation sites (N-methyl/N-ethyl adjacent to an activating group) is 1. The fourth-order valence-electron chi connectivity index (χ4n) is 2.69. The van der Waals surface area contributed by atoms with Gasteiger partial charge in [-0.3, -0.25) is 0 Å². The van der Waals surface area contributed by atoms with E-state index in [1.807, 2.05) is 19.0 Å². The summed E-state index contributed by atoms with van der Waals surface area (Å²) in [5, 5.41) is 8.68. The Bertz CT molecular complexity index is 522. The Labute approximate surface area is 112 Å². The molecule has 1 saturated heterocycles. The molecule has 0 aliphatic carbocycles. The summed E-state index contributed by atoms with van der Waals surface area (Å²) >= 11 is 0. The smallest absolute Gasteiger partial charge is 0.183 e. The van der Waals surface area contributed by atoms with Crippen LogP contribution in [0.1, 0.15) is 12.5 Å². The van der Waals surface area contributed by atoms with Crippen molar-refractivity contribution in [3.63, 3.8) is 0 Å². The first kappa shape index (κ1) is 13.8. The highest BCUT2D eigenvalue weighted by Gasteiger charge is 2.32. The lowest BCUT2D eigenvalue weighted by Gasteiger charge is -2.23. The van der Waals surface area contributed by atoms with Gasteiger partial charge in [0.2, 0.25) is 0 Å². The van der Waals surface area contributed by atoms with Crippen molar-refractivity contribution in [2.24, 2.45) is 5.92 Å². The quantitative estimate of drug-likeness (QED) is 0.821. The second kappa shape index (κ2) is 5.14. The Morgan fingerprint density at radius 1 is 1.26 bits per heavy atom. The minimum atomic E-state index is -1.05. The molecule has 1 heterocycles. The van der Waals surface area contributed by atoms with Crippen molar-refractivity contribution >= 4 is 5.69 Å². The van der Waals surface area contributed by atoms with Crippen molar-refractivity contribution in [1.82, 2.24) is 4.90 Å². The van der Waals surface area contributed by atoms with Crippen molar-refractivity contribution in [3.05, 3.63) is 29.3 Å². The van der Waals surface area contributed by atoms with Gasteiger partial charge in [0.25, 0.3) is 0 Å². The van der Waals surface area contributed by atoms with Gasteiger partial charge in [-0.25, -0.2) is 8.78 Å². The van der Waals surface area contributed by atoms with Gasteiger partial charge < -0.3 is 9.80 Å². The average molecular weight is 265 g/mol. The number of nitrogens with zero attached hydrogens (tertiary/aromatic N) is 3. The predicted molar refractivity (Wildman–Crippen MR) is 69.9 cm³/mol. The van der Waals surface area contributed by atoms with Gasteiger partial charge in [0.15, 0.2) is 11.6 Å². The molecule has 1 aliphatic rings. The van der Waals surface area contributed by atoms with Gasteiger partial charge in [0.1, 0.15) is 6.07 Å². The number of halogens is 2. The topological polar surface area (TPSA) is 30.3 Å². The van der Waals surface area contributed by atoms with Crippen LogP contribution in [0.25, 0.3) is 0 Å². The third-order valence-corrected chi connectivity index (χ3v) is 3.76. The lowest BCUT2D eigenvalue weighted by molar-refractivity contribution is 0.266. The molecule has 0 amide bonds. The fraction of sp³-hybridized carbons (Fsp3) is 0.500. The average Bonchev–Trinajstić information content (AvgIpc) is 2.74. The van der Waals surface area contributed by atoms with Crippen molar-refractivity contribution in [1.29, 1.82) is 5.26 Å². The minimum absolute atomic E-state index is 0.243. The maximum Gasteiger partial charge on any atom is 0.183 e. The molecule has 0 N–H and O–H groups in total. The van der Waals surface area contributed by atoms with Crippen LogP contribution in [-0.2, 0) is 0 Å². The first-order chi connectivity index (χ1) is 8.95. The molecule has 0 saturated carbocycles. The summed E-state index contributed by atoms with van der Waals surface area (Å²) in [7, 11) is 3.97. The Kier molecular flexibility index (Phi) is 3.72. The zero-order chi connectivity index (χ0) is 14.2. The first-order valence-electron chi connectivity index (χ1n) is 6.25. The summed E-state index contributed by atoms with van der Waals surface area (Å²) in [6.07, 6.45) is 0. The molecule has 1 fully saturated rings. The largest absolute Gasteiger partial charge is 0.367 e. The van der Waals surface area contributed by atoms with Gasteiger partial charge in [-0.2, -0.15) is 5.26 Å². The monoisotopic (exact) mass is 265 g/mol. The van der Waals surface area contributed by atoms with Crippen molar-refractivity contribution in [2.75, 3.05) is 32.1 Å². The number of rotatable bonds is 2. The van der Waals surface area contributed by atoms with Crippen LogP contribution in [0.3, 0.4) is 0 Å². The summed E-state index contributed by atoms with van der Waals surface area (Å²) in [6.45, 7) is 3.45. The van der Waals surface area contributed by atoms with Crippen LogP contribution in [0.15, 0.2) is 12.1 Å². The van der Waals surface area contributed by atoms with Gasteiger partial charge in [0, 0.05) is 19.1 Å². The van der Waals surface area contributed by atoms with Gasteiger partial charge >= 0.3 is 0 Å². The standard InChI is InChI=1S/C14H17F2N3/c1-9-7-19(8-12(9)18(2)3)11-5-4-10(6-17)13(15)14(11)16/h4-5,9,12H,7-8H2,1-3H3. The zero-order valence-electron chi connectivity index (χ0n) is 11.3. The summed E-state index contributed by atoms with van der Waals surface area (Å²) in [5.74, 6) is -1.60. The molecular weight excluding hydrogens is 248 g/mol. The van der Waals surface area contributed by atoms with Crippen molar-refractivity contribution in [2.45, 2.75) is 13.0 Å². The highest BCUT2D eigenvalue weighted by Crippen LogP contribution is 2.30. The highest BCUT2D eigenvalue weighted by atomic mass is 19.2. The van der Waals surface area contributed by atoms with Crippen molar-refractivity contribution < 1.29 is 8.78 Å². The molecule has 1 aliphatic heterocycles. The summed E-state index contributed by atoms with van der Waals surface area (Å²) in [4.78, 5) is 3.94. The maximum absolute atomic E-state index is 14.0. The zero-order valence-corrected chi connectivity index (χ0v) is 11.3. The minimum Gasteiger partial charge on any atom is -0.367 e. The molecule has 19 heavy (non-hydrogen) atoms. The summed E-state index contributed by atoms with van der Waals surface area (Å²) in [5.41, 5.74) is -0.00893. The number of hydrogen-bond donors (Lipinski definition) is 0. The van der Waals surface area contributed by atoms with Gasteiger partial charge in [0.05, 0.1) is 11.3 Å². The number of benzene rings is 1. The van der Waals surface area contributed by atoms with E-state index in [2.05, 4.69) is 11.8 Å². The third kappa shape index (κ3) is 2.41. The highest BCUT2D eigenvalue weighted by molar-refractivity contribution is 5.53. The van der Waals surface area contributed by atoms with Gasteiger partial charge in [-0.05, 0) is 32.1 Å². The SMILES string of the molecule is CC1CN(c2ccc(C#N)c(F)c2F)CC1N(C)C. The van der Waals surface area contributed by atoms with E-state index in [0.717, 1.165) is 0 Å². The molecule has 2 rings (SSSR count). The summed E-state index contributed by atoms with van der Waals surface area (Å²) in [6, 6.07) is 4.79. The molecular formula is C14H17F2N3. The lowest BCUT2D eigenvalue weighted by Crippen LogP contribution is -2.34. The van der Waals surface area contributed by atoms with E-state index >= 15 is 0 Å². The fourth-order valence-corrected chi connectivity index (χ4v) is 2.69. The second-order valence-corrected chi connectivity index (χ2v) is 5.29. The molecule has 3 nitrogen and oxygen atoms in total. The Morgan fingerprint density at radius 3 is 2.47 bits per heavy atom. The van der Waals surface area contributed by atoms with E-state index < -0.39 is 11.6 Å². The van der Waals surface area contributed by atoms with Crippen LogP contribution in [0, 0.1) is 28.9 Å². The molecule has 5 heteroatoms. The normalized spacial score (nSPS) is 22.9. The van der Waals surface area contributed by atoms with E-state index in [4.69, 9.17) is 5.26 Å². The van der Waals surface area contributed by atoms with Crippen LogP contribution < -0.4 is 4.90 Å². The van der Waals surface area contributed by atoms with Crippen LogP contribution in [-0.4, -0.2) is 38.1 Å². The van der Waals surface area contributed by atoms with Crippen LogP contribution in [0.5, 0.6) is 0 Å². The molecule has 102 valence electrons. The number of nitriles is 1. The maximum atomic E-state index is 14.0. The van der Waals surface area contributed by atoms with E-state index in [1.54, 1.807) is 6.07 Å². The number of hydrogen-bond acceptors (Lipinski definition) is 3. The predicted octanol–water partition coefficient (Wildman–Crippen LogP) is 2.22. The summed E-state index contributed by atoms with van der Waals surface area (Å²) < 4.78 is 27.6. The second-order valence-electron chi connectivity index (χ2n) is 5.29. The van der Waals surface area contributed by atoms with E-state index in [0.29, 0.717) is 25.0 Å².